The van der Waals surface area contributed by atoms with E-state index in [9.17, 15) is 19.0 Å². The predicted octanol–water partition coefficient (Wildman–Crippen LogP) is 18.5. The van der Waals surface area contributed by atoms with Crippen LogP contribution in [0.1, 0.15) is 232 Å². The second-order valence-electron chi connectivity index (χ2n) is 21.0. The Balaban J connectivity index is 4.04. The molecule has 0 bridgehead atoms. The Morgan fingerprint density at radius 3 is 1.12 bits per heavy atom. The van der Waals surface area contributed by atoms with Gasteiger partial charge in [0.2, 0.25) is 0 Å². The molecular formula is C66H112NO8P. The third-order valence-electron chi connectivity index (χ3n) is 12.5. The summed E-state index contributed by atoms with van der Waals surface area (Å²) in [7, 11) is 1.15. The smallest absolute Gasteiger partial charge is 0.306 e. The summed E-state index contributed by atoms with van der Waals surface area (Å²) in [6.45, 7) is 4.10. The van der Waals surface area contributed by atoms with E-state index in [1.807, 2.05) is 21.1 Å². The third kappa shape index (κ3) is 59.7. The number of esters is 2. The third-order valence-corrected chi connectivity index (χ3v) is 13.5. The number of nitrogens with zero attached hydrogens (tertiary/aromatic N) is 1. The lowest BCUT2D eigenvalue weighted by Crippen LogP contribution is -2.37. The Morgan fingerprint density at radius 1 is 0.421 bits per heavy atom. The number of unbranched alkanes of at least 4 members (excludes halogenated alkanes) is 20. The maximum atomic E-state index is 12.8. The van der Waals surface area contributed by atoms with Gasteiger partial charge in [0.15, 0.2) is 6.10 Å². The molecule has 2 atom stereocenters. The number of carbonyl (C=O) groups is 2. The average Bonchev–Trinajstić information content (AvgIpc) is 3.38. The number of likely N-dealkylation sites (N-methyl/N-ethyl adjacent to an activating group) is 1. The highest BCUT2D eigenvalue weighted by Gasteiger charge is 2.22. The molecule has 9 nitrogen and oxygen atoms in total. The maximum absolute atomic E-state index is 12.8. The molecule has 0 aromatic rings. The zero-order valence-corrected chi connectivity index (χ0v) is 50.0. The van der Waals surface area contributed by atoms with Gasteiger partial charge in [-0.05, 0) is 89.9 Å². The lowest BCUT2D eigenvalue weighted by atomic mass is 10.0. The number of hydrogen-bond donors (Lipinski definition) is 0. The summed E-state index contributed by atoms with van der Waals surface area (Å²) in [4.78, 5) is 37.7. The second kappa shape index (κ2) is 56.1. The van der Waals surface area contributed by atoms with Crippen molar-refractivity contribution in [3.63, 3.8) is 0 Å². The van der Waals surface area contributed by atoms with Crippen molar-refractivity contribution in [1.82, 2.24) is 0 Å². The number of quaternary nitrogens is 1. The molecule has 0 amide bonds. The van der Waals surface area contributed by atoms with Gasteiger partial charge in [-0.1, -0.05) is 251 Å². The number of allylic oxidation sites excluding steroid dienone is 20. The van der Waals surface area contributed by atoms with Gasteiger partial charge in [0.05, 0.1) is 27.7 Å². The van der Waals surface area contributed by atoms with Crippen molar-refractivity contribution < 1.29 is 42.1 Å². The Kier molecular flexibility index (Phi) is 53.5. The fourth-order valence-corrected chi connectivity index (χ4v) is 8.59. The van der Waals surface area contributed by atoms with Crippen molar-refractivity contribution in [2.24, 2.45) is 0 Å². The van der Waals surface area contributed by atoms with E-state index in [2.05, 4.69) is 135 Å². The first-order chi connectivity index (χ1) is 37.0. The summed E-state index contributed by atoms with van der Waals surface area (Å²) in [5.41, 5.74) is 0. The van der Waals surface area contributed by atoms with Crippen LogP contribution in [0.15, 0.2) is 122 Å². The van der Waals surface area contributed by atoms with Gasteiger partial charge in [-0.2, -0.15) is 0 Å². The van der Waals surface area contributed by atoms with Crippen molar-refractivity contribution in [1.29, 1.82) is 0 Å². The van der Waals surface area contributed by atoms with E-state index in [0.29, 0.717) is 17.4 Å². The number of carbonyl (C=O) groups excluding carboxylic acids is 2. The Hall–Kier alpha value is -3.59. The quantitative estimate of drug-likeness (QED) is 0.0195. The van der Waals surface area contributed by atoms with E-state index in [4.69, 9.17) is 18.5 Å². The van der Waals surface area contributed by atoms with Gasteiger partial charge >= 0.3 is 11.9 Å². The molecule has 0 saturated carbocycles. The lowest BCUT2D eigenvalue weighted by molar-refractivity contribution is -0.870. The maximum Gasteiger partial charge on any atom is 0.306 e. The summed E-state index contributed by atoms with van der Waals surface area (Å²) in [5.74, 6) is -0.842. The normalized spacial score (nSPS) is 14.1. The van der Waals surface area contributed by atoms with Crippen LogP contribution in [0, 0.1) is 0 Å². The van der Waals surface area contributed by atoms with E-state index >= 15 is 0 Å². The molecule has 0 radical (unpaired) electrons. The van der Waals surface area contributed by atoms with Crippen LogP contribution in [0.5, 0.6) is 0 Å². The van der Waals surface area contributed by atoms with Crippen molar-refractivity contribution in [2.45, 2.75) is 238 Å². The molecule has 76 heavy (non-hydrogen) atoms. The molecule has 0 aromatic heterocycles. The Bertz CT molecular complexity index is 1700. The summed E-state index contributed by atoms with van der Waals surface area (Å²) in [6.07, 6.45) is 79.8. The van der Waals surface area contributed by atoms with Crippen LogP contribution in [0.2, 0.25) is 0 Å². The van der Waals surface area contributed by atoms with Gasteiger partial charge in [0, 0.05) is 12.8 Å². The minimum absolute atomic E-state index is 0.0353. The number of phosphoric acid groups is 1. The Morgan fingerprint density at radius 2 is 0.750 bits per heavy atom. The SMILES string of the molecule is CC/C=C\C/C=C\C/C=C\C/C=C\C/C=C\C/C=C\C/C=C\C/C=C\C/C=C\C/C=C\CCCCCCCCCCCCC(=O)OC(COC(=O)CCCCCCCCCCCCC)COP(=O)([O-])OCC[N+](C)(C)C. The topological polar surface area (TPSA) is 111 Å². The van der Waals surface area contributed by atoms with Gasteiger partial charge in [-0.25, -0.2) is 0 Å². The van der Waals surface area contributed by atoms with Gasteiger partial charge in [0.1, 0.15) is 19.8 Å². The molecule has 0 heterocycles. The molecular weight excluding hydrogens is 966 g/mol. The van der Waals surface area contributed by atoms with Gasteiger partial charge in [-0.3, -0.25) is 14.2 Å². The van der Waals surface area contributed by atoms with E-state index < -0.39 is 26.5 Å². The number of phosphoric ester groups is 1. The standard InChI is InChI=1S/C66H112NO8P/c1-6-8-10-12-14-16-18-19-20-21-22-23-24-25-26-27-28-29-30-31-32-33-34-35-36-37-38-39-40-41-42-43-44-45-46-47-49-51-53-55-57-59-66(69)75-64(63-74-76(70,71)73-61-60-67(3,4)5)62-72-65(68)58-56-54-52-50-48-17-15-13-11-9-7-2/h8,10,14,16,19-20,22-23,25-26,28-29,31-32,34-35,37-38,40-41,64H,6-7,9,11-13,15,17-18,21,24,27,30,33,36,39,42-63H2,1-5H3/b10-8-,16-14-,20-19-,23-22-,26-25-,29-28-,32-31-,35-34-,38-37-,41-40-. The summed E-state index contributed by atoms with van der Waals surface area (Å²) < 4.78 is 34.1. The van der Waals surface area contributed by atoms with E-state index in [1.54, 1.807) is 0 Å². The number of rotatable bonds is 54. The fourth-order valence-electron chi connectivity index (χ4n) is 7.86. The van der Waals surface area contributed by atoms with E-state index in [-0.39, 0.29) is 32.0 Å². The molecule has 0 rings (SSSR count). The van der Waals surface area contributed by atoms with Crippen LogP contribution in [0.4, 0.5) is 0 Å². The molecule has 0 spiro atoms. The van der Waals surface area contributed by atoms with E-state index in [1.165, 1.54) is 89.9 Å². The summed E-state index contributed by atoms with van der Waals surface area (Å²) in [5, 5.41) is 0. The van der Waals surface area contributed by atoms with E-state index in [0.717, 1.165) is 109 Å². The molecule has 434 valence electrons. The molecule has 0 aromatic carbocycles. The molecule has 0 N–H and O–H groups in total. The minimum Gasteiger partial charge on any atom is -0.756 e. The molecule has 0 aliphatic rings. The average molecular weight is 1080 g/mol. The first-order valence-electron chi connectivity index (χ1n) is 30.2. The zero-order valence-electron chi connectivity index (χ0n) is 49.2. The summed E-state index contributed by atoms with van der Waals surface area (Å²) in [6, 6.07) is 0. The first kappa shape index (κ1) is 72.4. The van der Waals surface area contributed by atoms with Crippen LogP contribution in [-0.2, 0) is 32.7 Å². The second-order valence-corrected chi connectivity index (χ2v) is 22.4. The van der Waals surface area contributed by atoms with Crippen LogP contribution in [0.3, 0.4) is 0 Å². The first-order valence-corrected chi connectivity index (χ1v) is 31.7. The molecule has 10 heteroatoms. The van der Waals surface area contributed by atoms with Crippen LogP contribution in [0.25, 0.3) is 0 Å². The summed E-state index contributed by atoms with van der Waals surface area (Å²) >= 11 is 0. The van der Waals surface area contributed by atoms with Gasteiger partial charge in [0.25, 0.3) is 7.82 Å². The number of hydrogen-bond acceptors (Lipinski definition) is 8. The van der Waals surface area contributed by atoms with Gasteiger partial charge in [-0.15, -0.1) is 0 Å². The van der Waals surface area contributed by atoms with Crippen molar-refractivity contribution >= 4 is 19.8 Å². The molecule has 2 unspecified atom stereocenters. The van der Waals surface area contributed by atoms with Crippen molar-refractivity contribution in [3.8, 4) is 0 Å². The minimum atomic E-state index is -4.64. The fraction of sp³-hybridized carbons (Fsp3) is 0.667. The highest BCUT2D eigenvalue weighted by molar-refractivity contribution is 7.45. The lowest BCUT2D eigenvalue weighted by Gasteiger charge is -2.28. The largest absolute Gasteiger partial charge is 0.756 e. The predicted molar refractivity (Wildman–Crippen MR) is 323 cm³/mol. The zero-order chi connectivity index (χ0) is 55.6. The highest BCUT2D eigenvalue weighted by atomic mass is 31.2. The molecule has 0 aliphatic heterocycles. The Labute approximate surface area is 467 Å². The molecule has 0 saturated heterocycles. The van der Waals surface area contributed by atoms with Crippen LogP contribution in [-0.4, -0.2) is 70.0 Å². The molecule has 0 aliphatic carbocycles. The van der Waals surface area contributed by atoms with Crippen molar-refractivity contribution in [3.05, 3.63) is 122 Å². The highest BCUT2D eigenvalue weighted by Crippen LogP contribution is 2.38. The van der Waals surface area contributed by atoms with Crippen LogP contribution < -0.4 is 4.89 Å². The van der Waals surface area contributed by atoms with Crippen molar-refractivity contribution in [2.75, 3.05) is 47.5 Å². The monoisotopic (exact) mass is 1080 g/mol. The molecule has 0 fully saturated rings. The number of ether oxygens (including phenoxy) is 2. The van der Waals surface area contributed by atoms with Gasteiger partial charge < -0.3 is 27.9 Å². The van der Waals surface area contributed by atoms with Crippen LogP contribution >= 0.6 is 7.82 Å².